The van der Waals surface area contributed by atoms with Gasteiger partial charge in [-0.3, -0.25) is 4.79 Å². The Balaban J connectivity index is 0.00000192. The topological polar surface area (TPSA) is 87.3 Å². The van der Waals surface area contributed by atoms with E-state index in [2.05, 4.69) is 15.4 Å². The van der Waals surface area contributed by atoms with Crippen molar-refractivity contribution in [3.63, 3.8) is 0 Å². The zero-order chi connectivity index (χ0) is 15.7. The van der Waals surface area contributed by atoms with Crippen LogP contribution in [0.1, 0.15) is 19.3 Å². The third kappa shape index (κ3) is 4.41. The summed E-state index contributed by atoms with van der Waals surface area (Å²) < 4.78 is 40.5. The number of sulfonamides is 1. The number of nitrogens with one attached hydrogen (secondary N) is 3. The molecule has 3 rings (SSSR count). The maximum absolute atomic E-state index is 13.8. The molecule has 0 aromatic heterocycles. The van der Waals surface area contributed by atoms with Gasteiger partial charge in [-0.15, -0.1) is 12.4 Å². The van der Waals surface area contributed by atoms with Gasteiger partial charge in [-0.25, -0.2) is 17.5 Å². The summed E-state index contributed by atoms with van der Waals surface area (Å²) >= 11 is 0. The lowest BCUT2D eigenvalue weighted by Gasteiger charge is -2.12. The number of carbonyl (C=O) groups excluding carboxylic acids is 1. The zero-order valence-electron chi connectivity index (χ0n) is 12.3. The largest absolute Gasteiger partial charge is 0.326 e. The number of hydrogen-bond acceptors (Lipinski definition) is 4. The molecule has 1 aliphatic carbocycles. The van der Waals surface area contributed by atoms with Crippen molar-refractivity contribution in [2.45, 2.75) is 30.2 Å². The van der Waals surface area contributed by atoms with Crippen LogP contribution in [0.5, 0.6) is 0 Å². The molecular formula is C14H19ClFN3O3S. The van der Waals surface area contributed by atoms with Crippen LogP contribution in [-0.2, 0) is 14.8 Å². The normalized spacial score (nSPS) is 20.8. The Bertz CT molecular complexity index is 689. The lowest BCUT2D eigenvalue weighted by molar-refractivity contribution is -0.119. The third-order valence-corrected chi connectivity index (χ3v) is 5.35. The predicted molar refractivity (Wildman–Crippen MR) is 86.6 cm³/mol. The van der Waals surface area contributed by atoms with Gasteiger partial charge in [-0.2, -0.15) is 0 Å². The molecule has 1 unspecified atom stereocenters. The fraction of sp³-hybridized carbons (Fsp3) is 0.500. The minimum atomic E-state index is -3.89. The molecule has 9 heteroatoms. The summed E-state index contributed by atoms with van der Waals surface area (Å²) in [6.45, 7) is 1.38. The second-order valence-electron chi connectivity index (χ2n) is 5.72. The number of amides is 1. The Morgan fingerprint density at radius 3 is 2.61 bits per heavy atom. The molecule has 1 saturated carbocycles. The number of benzene rings is 1. The minimum Gasteiger partial charge on any atom is -0.326 e. The van der Waals surface area contributed by atoms with E-state index in [-0.39, 0.29) is 36.0 Å². The molecule has 2 aliphatic rings. The highest BCUT2D eigenvalue weighted by Crippen LogP contribution is 2.25. The van der Waals surface area contributed by atoms with Gasteiger partial charge in [0.1, 0.15) is 10.7 Å². The number of hydrogen-bond donors (Lipinski definition) is 3. The smallest absolute Gasteiger partial charge is 0.243 e. The van der Waals surface area contributed by atoms with Gasteiger partial charge in [-0.1, -0.05) is 0 Å². The number of halogens is 2. The van der Waals surface area contributed by atoms with E-state index in [1.54, 1.807) is 0 Å². The first-order valence-corrected chi connectivity index (χ1v) is 8.77. The molecule has 1 atom stereocenters. The molecule has 6 nitrogen and oxygen atoms in total. The molecule has 1 heterocycles. The Kier molecular flexibility index (Phi) is 5.61. The molecule has 0 spiro atoms. The molecule has 23 heavy (non-hydrogen) atoms. The monoisotopic (exact) mass is 363 g/mol. The van der Waals surface area contributed by atoms with E-state index in [9.17, 15) is 17.6 Å². The lowest BCUT2D eigenvalue weighted by Crippen LogP contribution is -2.27. The van der Waals surface area contributed by atoms with E-state index in [0.717, 1.165) is 31.9 Å². The van der Waals surface area contributed by atoms with Crippen molar-refractivity contribution in [3.8, 4) is 0 Å². The van der Waals surface area contributed by atoms with Gasteiger partial charge < -0.3 is 10.6 Å². The van der Waals surface area contributed by atoms with Crippen LogP contribution in [0.3, 0.4) is 0 Å². The van der Waals surface area contributed by atoms with E-state index >= 15 is 0 Å². The van der Waals surface area contributed by atoms with Crippen LogP contribution in [0.2, 0.25) is 0 Å². The van der Waals surface area contributed by atoms with Crippen molar-refractivity contribution in [3.05, 3.63) is 24.0 Å². The van der Waals surface area contributed by atoms with Crippen LogP contribution in [0.15, 0.2) is 23.1 Å². The Labute approximate surface area is 140 Å². The summed E-state index contributed by atoms with van der Waals surface area (Å²) in [6.07, 6.45) is 2.28. The lowest BCUT2D eigenvalue weighted by atomic mass is 10.1. The van der Waals surface area contributed by atoms with Crippen LogP contribution in [0.25, 0.3) is 0 Å². The number of rotatable bonds is 5. The second kappa shape index (κ2) is 7.12. The molecule has 128 valence electrons. The van der Waals surface area contributed by atoms with Gasteiger partial charge in [0.15, 0.2) is 0 Å². The summed E-state index contributed by atoms with van der Waals surface area (Å²) in [5, 5.41) is 5.74. The van der Waals surface area contributed by atoms with Crippen LogP contribution in [0.4, 0.5) is 10.1 Å². The first-order chi connectivity index (χ1) is 10.5. The van der Waals surface area contributed by atoms with Gasteiger partial charge in [0, 0.05) is 18.3 Å². The first-order valence-electron chi connectivity index (χ1n) is 7.29. The van der Waals surface area contributed by atoms with Gasteiger partial charge in [0.25, 0.3) is 0 Å². The fourth-order valence-corrected chi connectivity index (χ4v) is 3.80. The van der Waals surface area contributed by atoms with E-state index < -0.39 is 20.7 Å². The van der Waals surface area contributed by atoms with Gasteiger partial charge in [0.05, 0.1) is 5.92 Å². The number of anilines is 1. The molecule has 3 N–H and O–H groups in total. The Morgan fingerprint density at radius 1 is 1.26 bits per heavy atom. The SMILES string of the molecule is Cl.O=C(Nc1ccc(F)c(S(=O)(=O)NC2CC2)c1)C1CCNC1. The van der Waals surface area contributed by atoms with Crippen LogP contribution in [-0.4, -0.2) is 33.5 Å². The molecule has 2 fully saturated rings. The standard InChI is InChI=1S/C14H18FN3O3S.ClH/c15-12-4-3-11(17-14(19)9-5-6-16-8-9)7-13(12)22(20,21)18-10-1-2-10;/h3-4,7,9-10,16,18H,1-2,5-6,8H2,(H,17,19);1H. The fourth-order valence-electron chi connectivity index (χ4n) is 2.39. The van der Waals surface area contributed by atoms with Crippen molar-refractivity contribution in [1.29, 1.82) is 0 Å². The van der Waals surface area contributed by atoms with E-state index in [4.69, 9.17) is 0 Å². The third-order valence-electron chi connectivity index (χ3n) is 3.82. The quantitative estimate of drug-likeness (QED) is 0.734. The van der Waals surface area contributed by atoms with Crippen molar-refractivity contribution >= 4 is 34.0 Å². The van der Waals surface area contributed by atoms with Crippen molar-refractivity contribution in [1.82, 2.24) is 10.0 Å². The van der Waals surface area contributed by atoms with Crippen molar-refractivity contribution in [2.75, 3.05) is 18.4 Å². The highest BCUT2D eigenvalue weighted by molar-refractivity contribution is 7.89. The maximum atomic E-state index is 13.8. The maximum Gasteiger partial charge on any atom is 0.243 e. The highest BCUT2D eigenvalue weighted by Gasteiger charge is 2.30. The second-order valence-corrected chi connectivity index (χ2v) is 7.40. The predicted octanol–water partition coefficient (Wildman–Crippen LogP) is 1.24. The van der Waals surface area contributed by atoms with E-state index in [1.807, 2.05) is 0 Å². The molecular weight excluding hydrogens is 345 g/mol. The van der Waals surface area contributed by atoms with E-state index in [0.29, 0.717) is 6.54 Å². The molecule has 1 saturated heterocycles. The van der Waals surface area contributed by atoms with Gasteiger partial charge in [-0.05, 0) is 44.0 Å². The van der Waals surface area contributed by atoms with E-state index in [1.165, 1.54) is 12.1 Å². The van der Waals surface area contributed by atoms with Crippen LogP contribution in [0, 0.1) is 11.7 Å². The van der Waals surface area contributed by atoms with Crippen LogP contribution < -0.4 is 15.4 Å². The average molecular weight is 364 g/mol. The summed E-state index contributed by atoms with van der Waals surface area (Å²) in [5.74, 6) is -1.15. The summed E-state index contributed by atoms with van der Waals surface area (Å²) in [6, 6.07) is 3.49. The van der Waals surface area contributed by atoms with Crippen LogP contribution >= 0.6 is 12.4 Å². The first kappa shape index (κ1) is 18.1. The Morgan fingerprint density at radius 2 is 2.00 bits per heavy atom. The zero-order valence-corrected chi connectivity index (χ0v) is 14.0. The summed E-state index contributed by atoms with van der Waals surface area (Å²) in [4.78, 5) is 11.6. The number of carbonyl (C=O) groups is 1. The summed E-state index contributed by atoms with van der Waals surface area (Å²) in [5.41, 5.74) is 0.287. The molecule has 0 bridgehead atoms. The minimum absolute atomic E-state index is 0. The summed E-state index contributed by atoms with van der Waals surface area (Å²) in [7, 11) is -3.89. The van der Waals surface area contributed by atoms with Crippen molar-refractivity contribution < 1.29 is 17.6 Å². The van der Waals surface area contributed by atoms with Gasteiger partial charge in [0.2, 0.25) is 15.9 Å². The molecule has 1 aromatic rings. The molecule has 1 aromatic carbocycles. The van der Waals surface area contributed by atoms with Crippen molar-refractivity contribution in [2.24, 2.45) is 5.92 Å². The highest BCUT2D eigenvalue weighted by atomic mass is 35.5. The molecule has 1 amide bonds. The molecule has 1 aliphatic heterocycles. The van der Waals surface area contributed by atoms with Gasteiger partial charge >= 0.3 is 0 Å². The Hall–Kier alpha value is -1.22. The average Bonchev–Trinajstić information content (AvgIpc) is 3.09. The molecule has 0 radical (unpaired) electrons.